The second-order valence-electron chi connectivity index (χ2n) is 3.66. The summed E-state index contributed by atoms with van der Waals surface area (Å²) in [5, 5.41) is 0.646. The highest BCUT2D eigenvalue weighted by Gasteiger charge is 2.15. The molecule has 0 unspecified atom stereocenters. The molecule has 0 saturated carbocycles. The zero-order valence-corrected chi connectivity index (χ0v) is 10.1. The lowest BCUT2D eigenvalue weighted by atomic mass is 10.1. The number of aromatic nitrogens is 1. The summed E-state index contributed by atoms with van der Waals surface area (Å²) in [5.41, 5.74) is 1.44. The first kappa shape index (κ1) is 12.2. The van der Waals surface area contributed by atoms with Gasteiger partial charge in [0.1, 0.15) is 5.69 Å². The van der Waals surface area contributed by atoms with Gasteiger partial charge in [-0.25, -0.2) is 9.59 Å². The molecule has 1 aromatic heterocycles. The Morgan fingerprint density at radius 1 is 1.28 bits per heavy atom. The van der Waals surface area contributed by atoms with E-state index in [0.717, 1.165) is 0 Å². The van der Waals surface area contributed by atoms with Gasteiger partial charge in [-0.05, 0) is 25.1 Å². The molecular formula is C13H13NO4. The summed E-state index contributed by atoms with van der Waals surface area (Å²) in [6, 6.07) is 6.75. The zero-order valence-electron chi connectivity index (χ0n) is 10.1. The molecule has 2 rings (SSSR count). The summed E-state index contributed by atoms with van der Waals surface area (Å²) >= 11 is 0. The molecule has 0 radical (unpaired) electrons. The van der Waals surface area contributed by atoms with E-state index in [1.165, 1.54) is 7.11 Å². The number of carbonyl (C=O) groups excluding carboxylic acids is 2. The van der Waals surface area contributed by atoms with Gasteiger partial charge in [0.05, 0.1) is 19.3 Å². The summed E-state index contributed by atoms with van der Waals surface area (Å²) in [5.74, 6) is -0.875. The highest BCUT2D eigenvalue weighted by atomic mass is 16.5. The largest absolute Gasteiger partial charge is 0.465 e. The monoisotopic (exact) mass is 247 g/mol. The van der Waals surface area contributed by atoms with Crippen LogP contribution in [0.3, 0.4) is 0 Å². The van der Waals surface area contributed by atoms with E-state index >= 15 is 0 Å². The van der Waals surface area contributed by atoms with Gasteiger partial charge < -0.3 is 14.5 Å². The van der Waals surface area contributed by atoms with Crippen LogP contribution in [-0.2, 0) is 9.47 Å². The fourth-order valence-corrected chi connectivity index (χ4v) is 1.76. The van der Waals surface area contributed by atoms with Crippen molar-refractivity contribution in [3.05, 3.63) is 35.5 Å². The minimum atomic E-state index is -0.440. The molecule has 0 aliphatic heterocycles. The number of esters is 2. The van der Waals surface area contributed by atoms with Crippen LogP contribution in [0.2, 0.25) is 0 Å². The maximum Gasteiger partial charge on any atom is 0.354 e. The maximum absolute atomic E-state index is 11.6. The van der Waals surface area contributed by atoms with Gasteiger partial charge in [-0.15, -0.1) is 0 Å². The van der Waals surface area contributed by atoms with E-state index in [0.29, 0.717) is 28.8 Å². The van der Waals surface area contributed by atoms with E-state index in [1.807, 2.05) is 0 Å². The fraction of sp³-hybridized carbons (Fsp3) is 0.231. The number of fused-ring (bicyclic) bond motifs is 1. The average molecular weight is 247 g/mol. The molecule has 18 heavy (non-hydrogen) atoms. The number of ether oxygens (including phenoxy) is 2. The molecule has 2 aromatic rings. The third kappa shape index (κ3) is 2.07. The van der Waals surface area contributed by atoms with Gasteiger partial charge in [0.15, 0.2) is 0 Å². The van der Waals surface area contributed by atoms with Gasteiger partial charge in [0.2, 0.25) is 0 Å². The molecule has 5 nitrogen and oxygen atoms in total. The summed E-state index contributed by atoms with van der Waals surface area (Å²) in [6.45, 7) is 2.04. The third-order valence-electron chi connectivity index (χ3n) is 2.56. The molecule has 94 valence electrons. The first-order valence-corrected chi connectivity index (χ1v) is 5.54. The summed E-state index contributed by atoms with van der Waals surface area (Å²) in [7, 11) is 1.32. The molecule has 0 atom stereocenters. The first-order chi connectivity index (χ1) is 8.67. The Labute approximate surface area is 104 Å². The van der Waals surface area contributed by atoms with E-state index in [1.54, 1.807) is 31.2 Å². The number of carbonyl (C=O) groups is 2. The predicted octanol–water partition coefficient (Wildman–Crippen LogP) is 2.13. The molecular weight excluding hydrogens is 234 g/mol. The van der Waals surface area contributed by atoms with Gasteiger partial charge in [0, 0.05) is 10.9 Å². The average Bonchev–Trinajstić information content (AvgIpc) is 2.81. The number of aromatic amines is 1. The van der Waals surface area contributed by atoms with Crippen LogP contribution in [0.25, 0.3) is 10.9 Å². The van der Waals surface area contributed by atoms with Crippen LogP contribution in [0.5, 0.6) is 0 Å². The molecule has 0 fully saturated rings. The van der Waals surface area contributed by atoms with Crippen molar-refractivity contribution in [2.45, 2.75) is 6.92 Å². The molecule has 1 aromatic carbocycles. The topological polar surface area (TPSA) is 68.4 Å². The lowest BCUT2D eigenvalue weighted by Gasteiger charge is -1.99. The third-order valence-corrected chi connectivity index (χ3v) is 2.56. The van der Waals surface area contributed by atoms with Gasteiger partial charge in [-0.1, -0.05) is 6.07 Å². The van der Waals surface area contributed by atoms with Crippen LogP contribution in [-0.4, -0.2) is 30.6 Å². The Morgan fingerprint density at radius 2 is 2.06 bits per heavy atom. The number of rotatable bonds is 3. The molecule has 1 N–H and O–H groups in total. The van der Waals surface area contributed by atoms with Crippen molar-refractivity contribution in [1.82, 2.24) is 4.98 Å². The Balaban J connectivity index is 2.51. The Bertz CT molecular complexity index is 600. The van der Waals surface area contributed by atoms with Crippen LogP contribution in [0.15, 0.2) is 24.3 Å². The summed E-state index contributed by atoms with van der Waals surface area (Å²) in [6.07, 6.45) is 0. The lowest BCUT2D eigenvalue weighted by Crippen LogP contribution is -2.04. The van der Waals surface area contributed by atoms with Crippen molar-refractivity contribution in [3.8, 4) is 0 Å². The van der Waals surface area contributed by atoms with Crippen LogP contribution in [0, 0.1) is 0 Å². The second-order valence-corrected chi connectivity index (χ2v) is 3.66. The summed E-state index contributed by atoms with van der Waals surface area (Å²) in [4.78, 5) is 26.1. The Hall–Kier alpha value is -2.30. The second kappa shape index (κ2) is 4.91. The lowest BCUT2D eigenvalue weighted by molar-refractivity contribution is 0.0519. The van der Waals surface area contributed by atoms with Crippen molar-refractivity contribution >= 4 is 22.8 Å². The van der Waals surface area contributed by atoms with Gasteiger partial charge >= 0.3 is 11.9 Å². The van der Waals surface area contributed by atoms with Crippen molar-refractivity contribution in [1.29, 1.82) is 0 Å². The molecule has 0 spiro atoms. The maximum atomic E-state index is 11.6. The Morgan fingerprint density at radius 3 is 2.72 bits per heavy atom. The number of methoxy groups -OCH3 is 1. The first-order valence-electron chi connectivity index (χ1n) is 5.54. The zero-order chi connectivity index (χ0) is 13.1. The van der Waals surface area contributed by atoms with Gasteiger partial charge in [-0.2, -0.15) is 0 Å². The molecule has 0 amide bonds. The highest BCUT2D eigenvalue weighted by molar-refractivity contribution is 6.06. The summed E-state index contributed by atoms with van der Waals surface area (Å²) < 4.78 is 9.59. The minimum absolute atomic E-state index is 0.304. The minimum Gasteiger partial charge on any atom is -0.465 e. The van der Waals surface area contributed by atoms with Crippen LogP contribution < -0.4 is 0 Å². The van der Waals surface area contributed by atoms with Crippen molar-refractivity contribution in [2.75, 3.05) is 13.7 Å². The number of hydrogen-bond donors (Lipinski definition) is 1. The Kier molecular flexibility index (Phi) is 3.32. The van der Waals surface area contributed by atoms with E-state index in [2.05, 4.69) is 4.98 Å². The van der Waals surface area contributed by atoms with E-state index in [4.69, 9.17) is 9.47 Å². The normalized spacial score (nSPS) is 10.3. The predicted molar refractivity (Wildman–Crippen MR) is 65.6 cm³/mol. The molecule has 0 saturated heterocycles. The highest BCUT2D eigenvalue weighted by Crippen LogP contribution is 2.21. The molecule has 1 heterocycles. The van der Waals surface area contributed by atoms with E-state index in [9.17, 15) is 9.59 Å². The van der Waals surface area contributed by atoms with Gasteiger partial charge in [-0.3, -0.25) is 0 Å². The molecule has 0 aliphatic rings. The van der Waals surface area contributed by atoms with Crippen molar-refractivity contribution in [2.24, 2.45) is 0 Å². The number of benzene rings is 1. The van der Waals surface area contributed by atoms with E-state index < -0.39 is 11.9 Å². The molecule has 5 heteroatoms. The molecule has 0 bridgehead atoms. The van der Waals surface area contributed by atoms with Crippen LogP contribution in [0.1, 0.15) is 27.8 Å². The SMILES string of the molecule is CCOC(=O)c1cc2c(C(=O)OC)cccc2[nH]1. The quantitative estimate of drug-likeness (QED) is 0.843. The number of H-pyrrole nitrogens is 1. The number of hydrogen-bond acceptors (Lipinski definition) is 4. The standard InChI is InChI=1S/C13H13NO4/c1-3-18-13(16)11-7-9-8(12(15)17-2)5-4-6-10(9)14-11/h4-7,14H,3H2,1-2H3. The van der Waals surface area contributed by atoms with Crippen LogP contribution >= 0.6 is 0 Å². The van der Waals surface area contributed by atoms with Crippen molar-refractivity contribution < 1.29 is 19.1 Å². The molecule has 0 aliphatic carbocycles. The fourth-order valence-electron chi connectivity index (χ4n) is 1.76. The number of nitrogens with one attached hydrogen (secondary N) is 1. The van der Waals surface area contributed by atoms with E-state index in [-0.39, 0.29) is 0 Å². The van der Waals surface area contributed by atoms with Crippen molar-refractivity contribution in [3.63, 3.8) is 0 Å². The van der Waals surface area contributed by atoms with Crippen LogP contribution in [0.4, 0.5) is 0 Å². The smallest absolute Gasteiger partial charge is 0.354 e. The van der Waals surface area contributed by atoms with Gasteiger partial charge in [0.25, 0.3) is 0 Å².